The van der Waals surface area contributed by atoms with Gasteiger partial charge in [0.15, 0.2) is 11.5 Å². The summed E-state index contributed by atoms with van der Waals surface area (Å²) in [5.74, 6) is 1.70. The predicted octanol–water partition coefficient (Wildman–Crippen LogP) is 5.64. The maximum absolute atomic E-state index is 11.7. The van der Waals surface area contributed by atoms with Crippen LogP contribution in [-0.2, 0) is 4.79 Å². The number of nitrogens with one attached hydrogen (secondary N) is 2. The van der Waals surface area contributed by atoms with Crippen molar-refractivity contribution in [2.75, 3.05) is 26.7 Å². The second kappa shape index (κ2) is 8.91. The molecule has 5 rings (SSSR count). The van der Waals surface area contributed by atoms with Crippen LogP contribution in [0.4, 0.5) is 0 Å². The summed E-state index contributed by atoms with van der Waals surface area (Å²) < 4.78 is 5.80. The van der Waals surface area contributed by atoms with Crippen molar-refractivity contribution < 1.29 is 9.21 Å². The number of hydrogen-bond acceptors (Lipinski definition) is 4. The third kappa shape index (κ3) is 4.11. The number of oxazole rings is 1. The highest BCUT2D eigenvalue weighted by atomic mass is 16.3. The van der Waals surface area contributed by atoms with Gasteiger partial charge >= 0.3 is 0 Å². The Kier molecular flexibility index (Phi) is 5.94. The van der Waals surface area contributed by atoms with Gasteiger partial charge in [0.2, 0.25) is 5.91 Å². The lowest BCUT2D eigenvalue weighted by atomic mass is 9.87. The molecule has 2 aromatic carbocycles. The minimum atomic E-state index is 0.0931. The Labute approximate surface area is 200 Å². The Morgan fingerprint density at radius 3 is 2.68 bits per heavy atom. The van der Waals surface area contributed by atoms with Crippen molar-refractivity contribution in [3.8, 4) is 11.3 Å². The molecule has 34 heavy (non-hydrogen) atoms. The maximum atomic E-state index is 11.7. The lowest BCUT2D eigenvalue weighted by Gasteiger charge is -2.31. The molecule has 0 spiro atoms. The molecule has 0 bridgehead atoms. The molecule has 6 heteroatoms. The molecular weight excluding hydrogens is 424 g/mol. The van der Waals surface area contributed by atoms with Crippen LogP contribution in [0.3, 0.4) is 0 Å². The van der Waals surface area contributed by atoms with Gasteiger partial charge in [0.05, 0.1) is 12.2 Å². The van der Waals surface area contributed by atoms with E-state index in [4.69, 9.17) is 4.42 Å². The summed E-state index contributed by atoms with van der Waals surface area (Å²) in [6.07, 6.45) is 2.16. The lowest BCUT2D eigenvalue weighted by Crippen LogP contribution is -2.40. The highest BCUT2D eigenvalue weighted by molar-refractivity contribution is 5.94. The number of hydrogen-bond donors (Lipinski definition) is 2. The van der Waals surface area contributed by atoms with Crippen molar-refractivity contribution in [1.29, 1.82) is 0 Å². The van der Waals surface area contributed by atoms with E-state index >= 15 is 0 Å². The van der Waals surface area contributed by atoms with Crippen molar-refractivity contribution in [1.82, 2.24) is 20.2 Å². The molecule has 1 aliphatic rings. The van der Waals surface area contributed by atoms with Gasteiger partial charge in [-0.2, -0.15) is 0 Å². The summed E-state index contributed by atoms with van der Waals surface area (Å²) in [7, 11) is 1.70. The first kappa shape index (κ1) is 22.7. The average Bonchev–Trinajstić information content (AvgIpc) is 3.39. The zero-order chi connectivity index (χ0) is 24.0. The number of aryl methyl sites for hydroxylation is 2. The topological polar surface area (TPSA) is 74.2 Å². The van der Waals surface area contributed by atoms with Crippen LogP contribution in [0.5, 0.6) is 0 Å². The lowest BCUT2D eigenvalue weighted by molar-refractivity contribution is -0.122. The van der Waals surface area contributed by atoms with Crippen LogP contribution in [0.1, 0.15) is 61.1 Å². The molecule has 0 saturated carbocycles. The second-order valence-corrected chi connectivity index (χ2v) is 9.97. The number of aromatic nitrogens is 2. The molecule has 4 aromatic rings. The van der Waals surface area contributed by atoms with E-state index in [1.807, 2.05) is 6.92 Å². The van der Waals surface area contributed by atoms with Gasteiger partial charge in [-0.3, -0.25) is 9.69 Å². The third-order valence-corrected chi connectivity index (χ3v) is 7.22. The van der Waals surface area contributed by atoms with Crippen LogP contribution in [-0.4, -0.2) is 47.5 Å². The van der Waals surface area contributed by atoms with Gasteiger partial charge in [-0.15, -0.1) is 0 Å². The molecule has 0 unspecified atom stereocenters. The predicted molar refractivity (Wildman–Crippen MR) is 137 cm³/mol. The molecule has 3 heterocycles. The van der Waals surface area contributed by atoms with E-state index in [1.54, 1.807) is 7.05 Å². The van der Waals surface area contributed by atoms with Gasteiger partial charge in [0.25, 0.3) is 0 Å². The van der Waals surface area contributed by atoms with Crippen molar-refractivity contribution in [2.24, 2.45) is 0 Å². The van der Waals surface area contributed by atoms with Crippen LogP contribution >= 0.6 is 0 Å². The Bertz CT molecular complexity index is 1360. The first-order valence-electron chi connectivity index (χ1n) is 12.3. The van der Waals surface area contributed by atoms with Crippen LogP contribution in [0, 0.1) is 13.8 Å². The largest absolute Gasteiger partial charge is 0.441 e. The minimum absolute atomic E-state index is 0.0931. The van der Waals surface area contributed by atoms with Crippen molar-refractivity contribution in [3.05, 3.63) is 52.9 Å². The normalized spacial score (nSPS) is 15.6. The number of likely N-dealkylation sites (N-methyl/N-ethyl adjacent to an activating group) is 1. The number of nitrogens with zero attached hydrogens (tertiary/aromatic N) is 2. The second-order valence-electron chi connectivity index (χ2n) is 9.97. The number of benzene rings is 2. The number of piperidine rings is 1. The minimum Gasteiger partial charge on any atom is -0.441 e. The number of amides is 1. The molecule has 0 atom stereocenters. The number of H-pyrrole nitrogens is 1. The SMILES string of the molecule is CNC(=O)CN1CCC(c2ccc3[nH]c(-c4cc(C)c5oc(C)nc5c4)c(C(C)C)c3c2)CC1. The highest BCUT2D eigenvalue weighted by Crippen LogP contribution is 2.39. The summed E-state index contributed by atoms with van der Waals surface area (Å²) in [4.78, 5) is 22.3. The fraction of sp³-hybridized carbons (Fsp3) is 0.429. The van der Waals surface area contributed by atoms with Crippen LogP contribution in [0.2, 0.25) is 0 Å². The number of fused-ring (bicyclic) bond motifs is 2. The van der Waals surface area contributed by atoms with Gasteiger partial charge in [-0.1, -0.05) is 19.9 Å². The third-order valence-electron chi connectivity index (χ3n) is 7.22. The van der Waals surface area contributed by atoms with Gasteiger partial charge in [-0.25, -0.2) is 4.98 Å². The molecule has 0 aliphatic carbocycles. The molecule has 1 aliphatic heterocycles. The summed E-state index contributed by atoms with van der Waals surface area (Å²) >= 11 is 0. The first-order valence-corrected chi connectivity index (χ1v) is 12.3. The Hall–Kier alpha value is -3.12. The molecule has 178 valence electrons. The molecule has 2 aromatic heterocycles. The van der Waals surface area contributed by atoms with E-state index < -0.39 is 0 Å². The van der Waals surface area contributed by atoms with Gasteiger partial charge in [0, 0.05) is 30.4 Å². The zero-order valence-electron chi connectivity index (χ0n) is 20.8. The van der Waals surface area contributed by atoms with E-state index in [2.05, 4.69) is 71.3 Å². The number of rotatable bonds is 5. The van der Waals surface area contributed by atoms with Crippen LogP contribution in [0.15, 0.2) is 34.7 Å². The molecule has 0 radical (unpaired) electrons. The Balaban J connectivity index is 1.49. The Morgan fingerprint density at radius 1 is 1.21 bits per heavy atom. The number of carbonyl (C=O) groups excluding carboxylic acids is 1. The average molecular weight is 459 g/mol. The Morgan fingerprint density at radius 2 is 1.97 bits per heavy atom. The number of aromatic amines is 1. The highest BCUT2D eigenvalue weighted by Gasteiger charge is 2.24. The summed E-state index contributed by atoms with van der Waals surface area (Å²) in [5, 5.41) is 4.04. The quantitative estimate of drug-likeness (QED) is 0.406. The van der Waals surface area contributed by atoms with E-state index in [0.717, 1.165) is 48.2 Å². The van der Waals surface area contributed by atoms with Crippen LogP contribution < -0.4 is 5.32 Å². The van der Waals surface area contributed by atoms with E-state index in [0.29, 0.717) is 24.3 Å². The van der Waals surface area contributed by atoms with Crippen LogP contribution in [0.25, 0.3) is 33.3 Å². The summed E-state index contributed by atoms with van der Waals surface area (Å²) in [6.45, 7) is 10.9. The van der Waals surface area contributed by atoms with Gasteiger partial charge < -0.3 is 14.7 Å². The maximum Gasteiger partial charge on any atom is 0.233 e. The van der Waals surface area contributed by atoms with E-state index in [9.17, 15) is 4.79 Å². The number of likely N-dealkylation sites (tertiary alicyclic amines) is 1. The van der Waals surface area contributed by atoms with E-state index in [-0.39, 0.29) is 5.91 Å². The monoisotopic (exact) mass is 458 g/mol. The molecular formula is C28H34N4O2. The van der Waals surface area contributed by atoms with E-state index in [1.165, 1.54) is 27.7 Å². The number of carbonyl (C=O) groups is 1. The smallest absolute Gasteiger partial charge is 0.233 e. The standard InChI is InChI=1S/C28H34N4O2/c1-16(2)26-22-13-20(19-8-10-32(11-9-19)15-25(33)29-5)6-7-23(22)31-27(26)21-12-17(3)28-24(14-21)30-18(4)34-28/h6-7,12-14,16,19,31H,8-11,15H2,1-5H3,(H,29,33). The fourth-order valence-corrected chi connectivity index (χ4v) is 5.47. The van der Waals surface area contributed by atoms with Gasteiger partial charge in [0.1, 0.15) is 5.52 Å². The molecule has 1 amide bonds. The summed E-state index contributed by atoms with van der Waals surface area (Å²) in [5.41, 5.74) is 9.14. The van der Waals surface area contributed by atoms with Gasteiger partial charge in [-0.05, 0) is 85.6 Å². The fourth-order valence-electron chi connectivity index (χ4n) is 5.47. The van der Waals surface area contributed by atoms with Crippen molar-refractivity contribution in [2.45, 2.75) is 52.4 Å². The summed E-state index contributed by atoms with van der Waals surface area (Å²) in [6, 6.07) is 11.3. The molecule has 6 nitrogen and oxygen atoms in total. The van der Waals surface area contributed by atoms with Crippen molar-refractivity contribution in [3.63, 3.8) is 0 Å². The van der Waals surface area contributed by atoms with Crippen molar-refractivity contribution >= 4 is 27.9 Å². The molecule has 2 N–H and O–H groups in total. The zero-order valence-corrected chi connectivity index (χ0v) is 20.8. The molecule has 1 fully saturated rings. The first-order chi connectivity index (χ1) is 16.3. The molecule has 1 saturated heterocycles.